The maximum absolute atomic E-state index is 12.3. The molecule has 0 aliphatic heterocycles. The average molecular weight is 417 g/mol. The van der Waals surface area contributed by atoms with Gasteiger partial charge in [-0.15, -0.1) is 13.2 Å². The van der Waals surface area contributed by atoms with Crippen molar-refractivity contribution < 1.29 is 23.0 Å². The maximum Gasteiger partial charge on any atom is 0.573 e. The van der Waals surface area contributed by atoms with Gasteiger partial charge in [-0.05, 0) is 30.7 Å². The lowest BCUT2D eigenvalue weighted by molar-refractivity contribution is -0.274. The van der Waals surface area contributed by atoms with E-state index in [2.05, 4.69) is 19.7 Å². The molecule has 0 radical (unpaired) electrons. The molecule has 0 aliphatic rings. The number of ether oxygens (including phenoxy) is 1. The summed E-state index contributed by atoms with van der Waals surface area (Å²) >= 11 is 0. The highest BCUT2D eigenvalue weighted by molar-refractivity contribution is 5.63. The van der Waals surface area contributed by atoms with Crippen molar-refractivity contribution in [3.05, 3.63) is 72.1 Å². The molecule has 1 atom stereocenters. The number of aryl methyl sites for hydroxylation is 1. The van der Waals surface area contributed by atoms with Crippen molar-refractivity contribution in [2.75, 3.05) is 0 Å². The number of pyridine rings is 1. The first-order chi connectivity index (χ1) is 13.9. The normalized spacial score (nSPS) is 14.3. The summed E-state index contributed by atoms with van der Waals surface area (Å²) in [7, 11) is 0. The number of rotatable bonds is 4. The summed E-state index contributed by atoms with van der Waals surface area (Å²) in [6.07, 6.45) is -0.153. The minimum absolute atomic E-state index is 0.294. The van der Waals surface area contributed by atoms with Crippen LogP contribution in [-0.4, -0.2) is 26.4 Å². The monoisotopic (exact) mass is 417 g/mol. The second kappa shape index (κ2) is 7.68. The van der Waals surface area contributed by atoms with Crippen molar-refractivity contribution in [1.82, 2.24) is 15.0 Å². The minimum Gasteiger partial charge on any atom is -0.406 e. The van der Waals surface area contributed by atoms with Gasteiger partial charge in [0.25, 0.3) is 0 Å². The van der Waals surface area contributed by atoms with Gasteiger partial charge >= 0.3 is 6.36 Å². The van der Waals surface area contributed by atoms with E-state index >= 15 is 0 Å². The molecule has 0 aliphatic carbocycles. The molecule has 2 aromatic heterocycles. The van der Waals surface area contributed by atoms with Crippen molar-refractivity contribution in [1.29, 1.82) is 0 Å². The Morgan fingerprint density at radius 3 is 2.00 bits per heavy atom. The second-order valence-corrected chi connectivity index (χ2v) is 7.99. The molecule has 0 amide bonds. The lowest BCUT2D eigenvalue weighted by atomic mass is 9.70. The largest absolute Gasteiger partial charge is 0.573 e. The Balaban J connectivity index is 1.96. The number of benzene rings is 1. The van der Waals surface area contributed by atoms with E-state index in [1.807, 2.05) is 20.8 Å². The van der Waals surface area contributed by atoms with Crippen LogP contribution in [-0.2, 0) is 5.60 Å². The van der Waals surface area contributed by atoms with Gasteiger partial charge in [-0.2, -0.15) is 0 Å². The number of halogens is 3. The summed E-state index contributed by atoms with van der Waals surface area (Å²) in [5.41, 5.74) is 0.930. The number of aromatic nitrogens is 3. The molecule has 1 N–H and O–H groups in total. The van der Waals surface area contributed by atoms with Gasteiger partial charge in [0.1, 0.15) is 17.7 Å². The molecule has 1 unspecified atom stereocenters. The Kier molecular flexibility index (Phi) is 5.56. The molecular formula is C22H22F3N3O2. The molecular weight excluding hydrogens is 395 g/mol. The number of nitrogens with zero attached hydrogens (tertiary/aromatic N) is 3. The topological polar surface area (TPSA) is 68.1 Å². The third kappa shape index (κ3) is 4.28. The first-order valence-electron chi connectivity index (χ1n) is 9.24. The summed E-state index contributed by atoms with van der Waals surface area (Å²) in [5, 5.41) is 11.7. The molecule has 8 heteroatoms. The summed E-state index contributed by atoms with van der Waals surface area (Å²) in [4.78, 5) is 12.7. The van der Waals surface area contributed by atoms with E-state index in [0.29, 0.717) is 28.1 Å². The van der Waals surface area contributed by atoms with Gasteiger partial charge in [0.2, 0.25) is 0 Å². The fraction of sp³-hybridized carbons (Fsp3) is 0.318. The van der Waals surface area contributed by atoms with Gasteiger partial charge in [-0.3, -0.25) is 4.98 Å². The van der Waals surface area contributed by atoms with Crippen LogP contribution in [0.15, 0.2) is 55.1 Å². The van der Waals surface area contributed by atoms with E-state index in [-0.39, 0.29) is 5.75 Å². The van der Waals surface area contributed by atoms with E-state index in [0.717, 1.165) is 0 Å². The van der Waals surface area contributed by atoms with Crippen LogP contribution >= 0.6 is 0 Å². The molecule has 0 bridgehead atoms. The SMILES string of the molecule is Cc1ncncc1C(O)(c1ccc(-c2ccc(OC(F)(F)F)cc2)cn1)C(C)(C)C. The van der Waals surface area contributed by atoms with E-state index < -0.39 is 17.4 Å². The maximum atomic E-state index is 12.3. The Labute approximate surface area is 172 Å². The lowest BCUT2D eigenvalue weighted by Gasteiger charge is -2.40. The molecule has 30 heavy (non-hydrogen) atoms. The Morgan fingerprint density at radius 2 is 1.50 bits per heavy atom. The fourth-order valence-electron chi connectivity index (χ4n) is 3.30. The number of aliphatic hydroxyl groups is 1. The highest BCUT2D eigenvalue weighted by Gasteiger charge is 2.46. The molecule has 0 spiro atoms. The first kappa shape index (κ1) is 21.7. The van der Waals surface area contributed by atoms with Crippen LogP contribution < -0.4 is 4.74 Å². The van der Waals surface area contributed by atoms with E-state index in [9.17, 15) is 18.3 Å². The Hall–Kier alpha value is -3.00. The zero-order valence-electron chi connectivity index (χ0n) is 17.0. The highest BCUT2D eigenvalue weighted by Crippen LogP contribution is 2.44. The van der Waals surface area contributed by atoms with E-state index in [4.69, 9.17) is 0 Å². The van der Waals surface area contributed by atoms with Crippen LogP contribution in [0, 0.1) is 12.3 Å². The average Bonchev–Trinajstić information content (AvgIpc) is 2.66. The van der Waals surface area contributed by atoms with Crippen LogP contribution in [0.4, 0.5) is 13.2 Å². The molecule has 5 nitrogen and oxygen atoms in total. The van der Waals surface area contributed by atoms with Crippen molar-refractivity contribution in [2.24, 2.45) is 5.41 Å². The van der Waals surface area contributed by atoms with Crippen LogP contribution in [0.2, 0.25) is 0 Å². The van der Waals surface area contributed by atoms with Crippen LogP contribution in [0.3, 0.4) is 0 Å². The fourth-order valence-corrected chi connectivity index (χ4v) is 3.30. The van der Waals surface area contributed by atoms with Gasteiger partial charge in [0, 0.05) is 34.6 Å². The van der Waals surface area contributed by atoms with Gasteiger partial charge < -0.3 is 9.84 Å². The standard InChI is InChI=1S/C22H22F3N3O2/c1-14-18(12-26-13-28-14)21(29,20(2,3)4)19-10-7-16(11-27-19)15-5-8-17(9-6-15)30-22(23,24)25/h5-13,29H,1-4H3. The predicted octanol–water partition coefficient (Wildman–Crippen LogP) is 5.03. The Morgan fingerprint density at radius 1 is 0.867 bits per heavy atom. The number of hydrogen-bond donors (Lipinski definition) is 1. The highest BCUT2D eigenvalue weighted by atomic mass is 19.4. The number of hydrogen-bond acceptors (Lipinski definition) is 5. The van der Waals surface area contributed by atoms with Crippen molar-refractivity contribution >= 4 is 0 Å². The van der Waals surface area contributed by atoms with Gasteiger partial charge in [0.05, 0.1) is 5.69 Å². The zero-order valence-corrected chi connectivity index (χ0v) is 17.0. The molecule has 0 saturated carbocycles. The quantitative estimate of drug-likeness (QED) is 0.645. The molecule has 0 saturated heterocycles. The van der Waals surface area contributed by atoms with Crippen molar-refractivity contribution in [3.63, 3.8) is 0 Å². The van der Waals surface area contributed by atoms with Crippen LogP contribution in [0.25, 0.3) is 11.1 Å². The van der Waals surface area contributed by atoms with Crippen LogP contribution in [0.5, 0.6) is 5.75 Å². The van der Waals surface area contributed by atoms with E-state index in [1.165, 1.54) is 30.6 Å². The summed E-state index contributed by atoms with van der Waals surface area (Å²) in [5.74, 6) is -0.294. The first-order valence-corrected chi connectivity index (χ1v) is 9.24. The third-order valence-electron chi connectivity index (χ3n) is 4.94. The van der Waals surface area contributed by atoms with Crippen LogP contribution in [0.1, 0.15) is 37.7 Å². The van der Waals surface area contributed by atoms with Gasteiger partial charge in [-0.25, -0.2) is 9.97 Å². The van der Waals surface area contributed by atoms with Crippen molar-refractivity contribution in [3.8, 4) is 16.9 Å². The molecule has 158 valence electrons. The Bertz CT molecular complexity index is 1010. The summed E-state index contributed by atoms with van der Waals surface area (Å²) in [6, 6.07) is 8.98. The molecule has 3 aromatic rings. The third-order valence-corrected chi connectivity index (χ3v) is 4.94. The zero-order chi connectivity index (χ0) is 22.2. The van der Waals surface area contributed by atoms with Crippen molar-refractivity contribution in [2.45, 2.75) is 39.7 Å². The van der Waals surface area contributed by atoms with Gasteiger partial charge in [0.15, 0.2) is 0 Å². The molecule has 0 fully saturated rings. The lowest BCUT2D eigenvalue weighted by Crippen LogP contribution is -2.42. The van der Waals surface area contributed by atoms with Gasteiger partial charge in [-0.1, -0.05) is 39.0 Å². The molecule has 2 heterocycles. The number of alkyl halides is 3. The summed E-state index contributed by atoms with van der Waals surface area (Å²) < 4.78 is 40.9. The predicted molar refractivity (Wildman–Crippen MR) is 106 cm³/mol. The molecule has 3 rings (SSSR count). The summed E-state index contributed by atoms with van der Waals surface area (Å²) in [6.45, 7) is 7.49. The minimum atomic E-state index is -4.73. The smallest absolute Gasteiger partial charge is 0.406 e. The second-order valence-electron chi connectivity index (χ2n) is 7.99. The molecule has 1 aromatic carbocycles. The van der Waals surface area contributed by atoms with E-state index in [1.54, 1.807) is 31.5 Å².